The minimum absolute atomic E-state index is 0.106. The monoisotopic (exact) mass is 262 g/mol. The van der Waals surface area contributed by atoms with Gasteiger partial charge >= 0.3 is 0 Å². The first kappa shape index (κ1) is 15.2. The van der Waals surface area contributed by atoms with E-state index in [2.05, 4.69) is 46.0 Å². The third-order valence-corrected chi connectivity index (χ3v) is 8.02. The zero-order chi connectivity index (χ0) is 13.8. The van der Waals surface area contributed by atoms with E-state index in [1.807, 2.05) is 18.2 Å². The summed E-state index contributed by atoms with van der Waals surface area (Å²) < 4.78 is 0. The van der Waals surface area contributed by atoms with Crippen molar-refractivity contribution in [2.24, 2.45) is 5.41 Å². The standard InChI is InChI=1S/C16H26OSi/c1-6-16(7-2,8-3)15(17)18(4,5)14-12-10-9-11-13-14/h9-13H,6-8H2,1-5H3. The predicted molar refractivity (Wildman–Crippen MR) is 81.9 cm³/mol. The normalized spacial score (nSPS) is 12.5. The summed E-state index contributed by atoms with van der Waals surface area (Å²) in [6.07, 6.45) is 2.88. The highest BCUT2D eigenvalue weighted by molar-refractivity contribution is 7.13. The van der Waals surface area contributed by atoms with Crippen molar-refractivity contribution in [3.8, 4) is 0 Å². The van der Waals surface area contributed by atoms with Crippen LogP contribution in [0.5, 0.6) is 0 Å². The highest BCUT2D eigenvalue weighted by Gasteiger charge is 2.44. The van der Waals surface area contributed by atoms with Crippen LogP contribution in [0.15, 0.2) is 30.3 Å². The smallest absolute Gasteiger partial charge is 0.158 e. The molecule has 18 heavy (non-hydrogen) atoms. The fraction of sp³-hybridized carbons (Fsp3) is 0.562. The van der Waals surface area contributed by atoms with E-state index in [0.29, 0.717) is 5.41 Å². The van der Waals surface area contributed by atoms with Crippen LogP contribution in [0.2, 0.25) is 13.1 Å². The van der Waals surface area contributed by atoms with Crippen LogP contribution in [0.1, 0.15) is 40.0 Å². The fourth-order valence-corrected chi connectivity index (χ4v) is 6.02. The molecule has 0 spiro atoms. The second-order valence-corrected chi connectivity index (χ2v) is 9.94. The van der Waals surface area contributed by atoms with Crippen molar-refractivity contribution < 1.29 is 4.79 Å². The summed E-state index contributed by atoms with van der Waals surface area (Å²) in [7, 11) is -2.02. The Morgan fingerprint density at radius 3 is 1.83 bits per heavy atom. The summed E-state index contributed by atoms with van der Waals surface area (Å²) >= 11 is 0. The third kappa shape index (κ3) is 2.58. The average Bonchev–Trinajstić information content (AvgIpc) is 2.42. The molecule has 1 rings (SSSR count). The van der Waals surface area contributed by atoms with Gasteiger partial charge in [0.25, 0.3) is 0 Å². The first-order valence-corrected chi connectivity index (χ1v) is 10.0. The zero-order valence-corrected chi connectivity index (χ0v) is 13.4. The van der Waals surface area contributed by atoms with Crippen LogP contribution in [0.4, 0.5) is 0 Å². The van der Waals surface area contributed by atoms with E-state index in [9.17, 15) is 4.79 Å². The third-order valence-electron chi connectivity index (χ3n) is 4.58. The molecular formula is C16H26OSi. The Labute approximate surface area is 113 Å². The van der Waals surface area contributed by atoms with Gasteiger partial charge in [0, 0.05) is 5.41 Å². The SMILES string of the molecule is CCC(CC)(CC)C(=O)[Si](C)(C)c1ccccc1. The molecule has 0 aliphatic rings. The summed E-state index contributed by atoms with van der Waals surface area (Å²) in [6.45, 7) is 10.8. The molecular weight excluding hydrogens is 236 g/mol. The number of rotatable bonds is 6. The minimum Gasteiger partial charge on any atom is -0.304 e. The molecule has 2 heteroatoms. The maximum atomic E-state index is 13.0. The Morgan fingerprint density at radius 1 is 1.00 bits per heavy atom. The number of benzene rings is 1. The quantitative estimate of drug-likeness (QED) is 0.710. The van der Waals surface area contributed by atoms with Crippen LogP contribution >= 0.6 is 0 Å². The van der Waals surface area contributed by atoms with Gasteiger partial charge in [-0.1, -0.05) is 69.4 Å². The molecule has 0 N–H and O–H groups in total. The first-order chi connectivity index (χ1) is 8.44. The molecule has 0 amide bonds. The Balaban J connectivity index is 3.16. The molecule has 1 aromatic carbocycles. The number of hydrogen-bond donors (Lipinski definition) is 0. The number of hydrogen-bond acceptors (Lipinski definition) is 1. The largest absolute Gasteiger partial charge is 0.304 e. The van der Waals surface area contributed by atoms with Crippen molar-refractivity contribution in [2.75, 3.05) is 0 Å². The lowest BCUT2D eigenvalue weighted by atomic mass is 9.81. The molecule has 1 aromatic rings. The predicted octanol–water partition coefficient (Wildman–Crippen LogP) is 3.93. The van der Waals surface area contributed by atoms with Crippen molar-refractivity contribution in [2.45, 2.75) is 53.1 Å². The lowest BCUT2D eigenvalue weighted by Gasteiger charge is -2.36. The van der Waals surface area contributed by atoms with E-state index in [0.717, 1.165) is 19.3 Å². The molecule has 100 valence electrons. The van der Waals surface area contributed by atoms with Gasteiger partial charge in [-0.25, -0.2) is 0 Å². The van der Waals surface area contributed by atoms with Gasteiger partial charge in [-0.3, -0.25) is 0 Å². The van der Waals surface area contributed by atoms with Gasteiger partial charge in [0.05, 0.1) is 0 Å². The summed E-state index contributed by atoms with van der Waals surface area (Å²) in [5.74, 6) is 0. The van der Waals surface area contributed by atoms with E-state index in [1.54, 1.807) is 0 Å². The molecule has 0 heterocycles. The Bertz CT molecular complexity index is 383. The van der Waals surface area contributed by atoms with Gasteiger partial charge in [0.15, 0.2) is 8.07 Å². The average molecular weight is 262 g/mol. The van der Waals surface area contributed by atoms with Gasteiger partial charge in [0.1, 0.15) is 5.41 Å². The van der Waals surface area contributed by atoms with Crippen molar-refractivity contribution in [3.63, 3.8) is 0 Å². The number of carbonyl (C=O) groups is 1. The molecule has 0 radical (unpaired) electrons. The molecule has 0 atom stereocenters. The van der Waals surface area contributed by atoms with Crippen LogP contribution in [-0.2, 0) is 4.79 Å². The van der Waals surface area contributed by atoms with E-state index in [1.165, 1.54) is 5.19 Å². The molecule has 0 fully saturated rings. The maximum absolute atomic E-state index is 13.0. The van der Waals surface area contributed by atoms with E-state index >= 15 is 0 Å². The Hall–Kier alpha value is -0.893. The molecule has 0 saturated carbocycles. The first-order valence-electron chi connectivity index (χ1n) is 7.05. The number of carbonyl (C=O) groups excluding carboxylic acids is 1. The highest BCUT2D eigenvalue weighted by Crippen LogP contribution is 2.34. The van der Waals surface area contributed by atoms with E-state index in [4.69, 9.17) is 0 Å². The summed E-state index contributed by atoms with van der Waals surface area (Å²) in [4.78, 5) is 13.0. The van der Waals surface area contributed by atoms with Crippen LogP contribution < -0.4 is 5.19 Å². The van der Waals surface area contributed by atoms with Gasteiger partial charge in [-0.15, -0.1) is 0 Å². The van der Waals surface area contributed by atoms with Crippen molar-refractivity contribution in [1.82, 2.24) is 0 Å². The van der Waals surface area contributed by atoms with Crippen LogP contribution in [0.3, 0.4) is 0 Å². The molecule has 0 aliphatic carbocycles. The van der Waals surface area contributed by atoms with Crippen molar-refractivity contribution >= 4 is 18.7 Å². The van der Waals surface area contributed by atoms with Gasteiger partial charge in [-0.2, -0.15) is 0 Å². The van der Waals surface area contributed by atoms with Crippen molar-refractivity contribution in [1.29, 1.82) is 0 Å². The molecule has 0 bridgehead atoms. The Kier molecular flexibility index (Phi) is 4.91. The minimum atomic E-state index is -2.02. The lowest BCUT2D eigenvalue weighted by molar-refractivity contribution is -0.122. The Morgan fingerprint density at radius 2 is 1.44 bits per heavy atom. The second-order valence-electron chi connectivity index (χ2n) is 5.66. The van der Waals surface area contributed by atoms with Gasteiger partial charge < -0.3 is 4.79 Å². The fourth-order valence-electron chi connectivity index (χ4n) is 2.88. The van der Waals surface area contributed by atoms with Gasteiger partial charge in [-0.05, 0) is 19.3 Å². The summed E-state index contributed by atoms with van der Waals surface area (Å²) in [5.41, 5.74) is -0.106. The highest BCUT2D eigenvalue weighted by atomic mass is 28.3. The summed E-state index contributed by atoms with van der Waals surface area (Å²) in [5, 5.41) is 1.78. The molecule has 0 aliphatic heterocycles. The van der Waals surface area contributed by atoms with E-state index in [-0.39, 0.29) is 5.41 Å². The molecule has 0 saturated heterocycles. The van der Waals surface area contributed by atoms with E-state index < -0.39 is 8.07 Å². The van der Waals surface area contributed by atoms with Crippen LogP contribution in [0, 0.1) is 5.41 Å². The van der Waals surface area contributed by atoms with Crippen LogP contribution in [-0.4, -0.2) is 13.5 Å². The zero-order valence-electron chi connectivity index (χ0n) is 12.4. The molecule has 1 nitrogen and oxygen atoms in total. The van der Waals surface area contributed by atoms with Crippen molar-refractivity contribution in [3.05, 3.63) is 30.3 Å². The van der Waals surface area contributed by atoms with Crippen LogP contribution in [0.25, 0.3) is 0 Å². The molecule has 0 aromatic heterocycles. The maximum Gasteiger partial charge on any atom is 0.158 e. The lowest BCUT2D eigenvalue weighted by Crippen LogP contribution is -2.56. The van der Waals surface area contributed by atoms with Gasteiger partial charge in [0.2, 0.25) is 0 Å². The second kappa shape index (κ2) is 5.83. The molecule has 0 unspecified atom stereocenters. The summed E-state index contributed by atoms with van der Waals surface area (Å²) in [6, 6.07) is 10.3. The topological polar surface area (TPSA) is 17.1 Å².